The summed E-state index contributed by atoms with van der Waals surface area (Å²) in [5, 5.41) is 1.53. The standard InChI is InChI=1S/C14H16N2OS2/c1-3-6-18-14-15-12(17)11-9-7-8(2)4-5-10(9)19-13(11)16-14/h3,8H,1,4-7H2,2H3,(H,15,16,17). The number of thioether (sulfide) groups is 1. The average molecular weight is 292 g/mol. The van der Waals surface area contributed by atoms with Crippen LogP contribution in [-0.2, 0) is 12.8 Å². The van der Waals surface area contributed by atoms with Crippen LogP contribution in [0.3, 0.4) is 0 Å². The number of aromatic amines is 1. The molecule has 0 fully saturated rings. The number of hydrogen-bond donors (Lipinski definition) is 1. The van der Waals surface area contributed by atoms with Crippen molar-refractivity contribution in [2.45, 2.75) is 31.3 Å². The minimum Gasteiger partial charge on any atom is -0.301 e. The summed E-state index contributed by atoms with van der Waals surface area (Å²) in [6.07, 6.45) is 5.14. The van der Waals surface area contributed by atoms with E-state index in [-0.39, 0.29) is 5.56 Å². The molecule has 0 saturated carbocycles. The molecule has 1 aliphatic carbocycles. The van der Waals surface area contributed by atoms with Crippen LogP contribution in [0.15, 0.2) is 22.6 Å². The molecule has 19 heavy (non-hydrogen) atoms. The van der Waals surface area contributed by atoms with Crippen LogP contribution in [0.5, 0.6) is 0 Å². The zero-order valence-electron chi connectivity index (χ0n) is 10.9. The molecule has 0 spiro atoms. The van der Waals surface area contributed by atoms with Crippen molar-refractivity contribution in [2.75, 3.05) is 5.75 Å². The molecule has 5 heteroatoms. The summed E-state index contributed by atoms with van der Waals surface area (Å²) in [5.41, 5.74) is 1.26. The van der Waals surface area contributed by atoms with E-state index in [9.17, 15) is 4.79 Å². The maximum absolute atomic E-state index is 12.3. The van der Waals surface area contributed by atoms with Crippen LogP contribution in [-0.4, -0.2) is 15.7 Å². The van der Waals surface area contributed by atoms with Gasteiger partial charge in [0.25, 0.3) is 5.56 Å². The van der Waals surface area contributed by atoms with Crippen molar-refractivity contribution in [3.63, 3.8) is 0 Å². The number of rotatable bonds is 3. The van der Waals surface area contributed by atoms with Gasteiger partial charge in [0, 0.05) is 10.6 Å². The molecular weight excluding hydrogens is 276 g/mol. The van der Waals surface area contributed by atoms with E-state index in [0.717, 1.165) is 28.8 Å². The molecular formula is C14H16N2OS2. The van der Waals surface area contributed by atoms with Crippen molar-refractivity contribution in [1.82, 2.24) is 9.97 Å². The first-order valence-corrected chi connectivity index (χ1v) is 8.27. The monoisotopic (exact) mass is 292 g/mol. The largest absolute Gasteiger partial charge is 0.301 e. The normalized spacial score (nSPS) is 18.5. The highest BCUT2D eigenvalue weighted by molar-refractivity contribution is 7.99. The predicted octanol–water partition coefficient (Wildman–Crippen LogP) is 3.39. The van der Waals surface area contributed by atoms with E-state index >= 15 is 0 Å². The van der Waals surface area contributed by atoms with Crippen molar-refractivity contribution in [3.05, 3.63) is 33.4 Å². The van der Waals surface area contributed by atoms with Gasteiger partial charge in [-0.3, -0.25) is 4.79 Å². The molecule has 1 aliphatic rings. The topological polar surface area (TPSA) is 45.8 Å². The predicted molar refractivity (Wildman–Crippen MR) is 82.4 cm³/mol. The second kappa shape index (κ2) is 5.13. The van der Waals surface area contributed by atoms with Crippen molar-refractivity contribution in [1.29, 1.82) is 0 Å². The summed E-state index contributed by atoms with van der Waals surface area (Å²) in [7, 11) is 0. The number of hydrogen-bond acceptors (Lipinski definition) is 4. The fraction of sp³-hybridized carbons (Fsp3) is 0.429. The smallest absolute Gasteiger partial charge is 0.260 e. The third-order valence-electron chi connectivity index (χ3n) is 3.48. The maximum atomic E-state index is 12.3. The van der Waals surface area contributed by atoms with Gasteiger partial charge in [-0.1, -0.05) is 24.8 Å². The maximum Gasteiger partial charge on any atom is 0.260 e. The third kappa shape index (κ3) is 2.37. The SMILES string of the molecule is C=CCSc1nc2sc3c(c2c(=O)[nH]1)CC(C)CC3. The van der Waals surface area contributed by atoms with Crippen LogP contribution in [0, 0.1) is 5.92 Å². The highest BCUT2D eigenvalue weighted by Crippen LogP contribution is 2.35. The fourth-order valence-electron chi connectivity index (χ4n) is 2.54. The van der Waals surface area contributed by atoms with Crippen molar-refractivity contribution >= 4 is 33.3 Å². The molecule has 2 aromatic heterocycles. The number of aryl methyl sites for hydroxylation is 1. The van der Waals surface area contributed by atoms with Crippen LogP contribution in [0.2, 0.25) is 0 Å². The number of nitrogens with one attached hydrogen (secondary N) is 1. The summed E-state index contributed by atoms with van der Waals surface area (Å²) in [4.78, 5) is 22.0. The van der Waals surface area contributed by atoms with Gasteiger partial charge in [0.2, 0.25) is 0 Å². The van der Waals surface area contributed by atoms with Crippen molar-refractivity contribution in [2.24, 2.45) is 5.92 Å². The van der Waals surface area contributed by atoms with Crippen LogP contribution < -0.4 is 5.56 Å². The zero-order chi connectivity index (χ0) is 13.4. The minimum atomic E-state index is 0.0168. The molecule has 2 aromatic rings. The average Bonchev–Trinajstić information content (AvgIpc) is 2.74. The van der Waals surface area contributed by atoms with Gasteiger partial charge in [0.15, 0.2) is 5.16 Å². The first kappa shape index (κ1) is 12.9. The van der Waals surface area contributed by atoms with E-state index in [1.165, 1.54) is 28.6 Å². The Hall–Kier alpha value is -1.07. The highest BCUT2D eigenvalue weighted by Gasteiger charge is 2.23. The minimum absolute atomic E-state index is 0.0168. The molecule has 0 aromatic carbocycles. The summed E-state index contributed by atoms with van der Waals surface area (Å²) in [5.74, 6) is 1.43. The van der Waals surface area contributed by atoms with Gasteiger partial charge < -0.3 is 4.98 Å². The third-order valence-corrected chi connectivity index (χ3v) is 5.53. The van der Waals surface area contributed by atoms with Gasteiger partial charge in [0.1, 0.15) is 4.83 Å². The Kier molecular flexibility index (Phi) is 3.50. The van der Waals surface area contributed by atoms with Crippen LogP contribution in [0.1, 0.15) is 23.8 Å². The summed E-state index contributed by atoms with van der Waals surface area (Å²) >= 11 is 3.21. The number of aromatic nitrogens is 2. The van der Waals surface area contributed by atoms with E-state index in [1.54, 1.807) is 11.3 Å². The Labute approximate surface area is 120 Å². The summed E-state index contributed by atoms with van der Waals surface area (Å²) < 4.78 is 0. The molecule has 100 valence electrons. The fourth-order valence-corrected chi connectivity index (χ4v) is 4.41. The summed E-state index contributed by atoms with van der Waals surface area (Å²) in [6, 6.07) is 0. The first-order chi connectivity index (χ1) is 9.19. The van der Waals surface area contributed by atoms with Gasteiger partial charge in [-0.2, -0.15) is 0 Å². The van der Waals surface area contributed by atoms with Crippen LogP contribution >= 0.6 is 23.1 Å². The van der Waals surface area contributed by atoms with Crippen LogP contribution in [0.4, 0.5) is 0 Å². The van der Waals surface area contributed by atoms with Gasteiger partial charge in [-0.15, -0.1) is 17.9 Å². The van der Waals surface area contributed by atoms with Gasteiger partial charge >= 0.3 is 0 Å². The molecule has 3 rings (SSSR count). The Balaban J connectivity index is 2.12. The van der Waals surface area contributed by atoms with Crippen molar-refractivity contribution < 1.29 is 0 Å². The van der Waals surface area contributed by atoms with Gasteiger partial charge in [0.05, 0.1) is 5.39 Å². The van der Waals surface area contributed by atoms with Gasteiger partial charge in [-0.05, 0) is 30.7 Å². The number of H-pyrrole nitrogens is 1. The first-order valence-electron chi connectivity index (χ1n) is 6.47. The molecule has 0 bridgehead atoms. The molecule has 2 heterocycles. The quantitative estimate of drug-likeness (QED) is 0.536. The van der Waals surface area contributed by atoms with Gasteiger partial charge in [-0.25, -0.2) is 4.98 Å². The Morgan fingerprint density at radius 2 is 2.47 bits per heavy atom. The van der Waals surface area contributed by atoms with E-state index < -0.39 is 0 Å². The number of nitrogens with zero attached hydrogens (tertiary/aromatic N) is 1. The molecule has 3 nitrogen and oxygen atoms in total. The molecule has 0 radical (unpaired) electrons. The van der Waals surface area contributed by atoms with E-state index in [0.29, 0.717) is 11.1 Å². The molecule has 1 N–H and O–H groups in total. The Morgan fingerprint density at radius 1 is 1.63 bits per heavy atom. The molecule has 1 unspecified atom stereocenters. The van der Waals surface area contributed by atoms with Crippen LogP contribution in [0.25, 0.3) is 10.2 Å². The zero-order valence-corrected chi connectivity index (χ0v) is 12.5. The number of fused-ring (bicyclic) bond motifs is 3. The lowest BCUT2D eigenvalue weighted by Gasteiger charge is -2.17. The molecule has 0 amide bonds. The highest BCUT2D eigenvalue weighted by atomic mass is 32.2. The van der Waals surface area contributed by atoms with E-state index in [1.807, 2.05) is 6.08 Å². The lowest BCUT2D eigenvalue weighted by molar-refractivity contribution is 0.508. The second-order valence-electron chi connectivity index (χ2n) is 5.00. The Morgan fingerprint density at radius 3 is 3.26 bits per heavy atom. The number of thiophene rings is 1. The lowest BCUT2D eigenvalue weighted by Crippen LogP contribution is -2.14. The Bertz CT molecular complexity index is 687. The summed E-state index contributed by atoms with van der Waals surface area (Å²) in [6.45, 7) is 5.94. The molecule has 1 atom stereocenters. The van der Waals surface area contributed by atoms with Crippen molar-refractivity contribution in [3.8, 4) is 0 Å². The molecule has 0 aliphatic heterocycles. The lowest BCUT2D eigenvalue weighted by atomic mass is 9.89. The van der Waals surface area contributed by atoms with E-state index in [2.05, 4.69) is 23.5 Å². The van der Waals surface area contributed by atoms with E-state index in [4.69, 9.17) is 0 Å². The second-order valence-corrected chi connectivity index (χ2v) is 7.10. The molecule has 0 saturated heterocycles.